The third-order valence-corrected chi connectivity index (χ3v) is 1.71. The Morgan fingerprint density at radius 2 is 2.31 bits per heavy atom. The van der Waals surface area contributed by atoms with Gasteiger partial charge in [0.05, 0.1) is 17.3 Å². The number of aromatic amines is 1. The summed E-state index contributed by atoms with van der Waals surface area (Å²) in [4.78, 5) is 17.3. The van der Waals surface area contributed by atoms with Crippen molar-refractivity contribution in [3.8, 4) is 0 Å². The first-order chi connectivity index (χ1) is 5.79. The highest BCUT2D eigenvalue weighted by Gasteiger charge is 2.08. The van der Waals surface area contributed by atoms with Crippen LogP contribution in [0, 0.1) is 0 Å². The van der Waals surface area contributed by atoms with E-state index in [0.29, 0.717) is 5.39 Å². The molecule has 2 aromatic rings. The zero-order valence-electron chi connectivity index (χ0n) is 6.61. The Bertz CT molecular complexity index is 436. The molecule has 0 saturated heterocycles. The van der Waals surface area contributed by atoms with Crippen LogP contribution in [0.3, 0.4) is 0 Å². The zero-order valence-corrected chi connectivity index (χ0v) is 6.61. The van der Waals surface area contributed by atoms with Crippen molar-refractivity contribution in [2.75, 3.05) is 0 Å². The lowest BCUT2D eigenvalue weighted by atomic mass is 10.2. The van der Waals surface area contributed by atoms with Crippen molar-refractivity contribution in [1.82, 2.24) is 9.97 Å². The van der Waals surface area contributed by atoms with Crippen LogP contribution >= 0.6 is 0 Å². The Morgan fingerprint density at radius 3 is 3.00 bits per heavy atom. The van der Waals surface area contributed by atoms with Crippen LogP contribution in [0.5, 0.6) is 0 Å². The number of pyridine rings is 1. The highest BCUT2D eigenvalue weighted by atomic mass is 16.4. The number of hydrogen-bond donors (Lipinski definition) is 2. The molecule has 5 heteroatoms. The van der Waals surface area contributed by atoms with E-state index in [2.05, 4.69) is 9.97 Å². The molecule has 2 rings (SSSR count). The van der Waals surface area contributed by atoms with E-state index in [1.54, 1.807) is 18.5 Å². The predicted molar refractivity (Wildman–Crippen MR) is 46.7 cm³/mol. The van der Waals surface area contributed by atoms with Crippen molar-refractivity contribution in [2.45, 2.75) is 0 Å². The largest absolute Gasteiger partial charge is 0.478 e. The van der Waals surface area contributed by atoms with Crippen LogP contribution in [-0.2, 0) is 0 Å². The third-order valence-electron chi connectivity index (χ3n) is 1.71. The smallest absolute Gasteiger partial charge is 0.337 e. The molecule has 13 heavy (non-hydrogen) atoms. The normalized spacial score (nSPS) is 9.54. The summed E-state index contributed by atoms with van der Waals surface area (Å²) < 4.78 is 0. The molecule has 0 fully saturated rings. The molecule has 68 valence electrons. The first kappa shape index (κ1) is 9.21. The molecule has 0 radical (unpaired) electrons. The molecule has 0 aliphatic heterocycles. The molecule has 0 aliphatic carbocycles. The molecule has 0 amide bonds. The molecule has 0 aliphatic rings. The second kappa shape index (κ2) is 3.24. The fourth-order valence-corrected chi connectivity index (χ4v) is 1.15. The van der Waals surface area contributed by atoms with Crippen LogP contribution in [0.4, 0.5) is 0 Å². The van der Waals surface area contributed by atoms with E-state index in [4.69, 9.17) is 5.11 Å². The van der Waals surface area contributed by atoms with Gasteiger partial charge in [0.15, 0.2) is 0 Å². The van der Waals surface area contributed by atoms with Gasteiger partial charge in [0.1, 0.15) is 0 Å². The standard InChI is InChI=1S/C8H6N2O2.H2O/c11-8(12)6-3-10-7-4-9-2-1-5(6)7;/h1-4,10H,(H,11,12);1H2. The van der Waals surface area contributed by atoms with Gasteiger partial charge in [-0.1, -0.05) is 0 Å². The van der Waals surface area contributed by atoms with Crippen molar-refractivity contribution in [2.24, 2.45) is 0 Å². The lowest BCUT2D eigenvalue weighted by molar-refractivity contribution is 0.0699. The van der Waals surface area contributed by atoms with Crippen LogP contribution in [0.25, 0.3) is 10.9 Å². The molecule has 0 aromatic carbocycles. The minimum Gasteiger partial charge on any atom is -0.478 e. The van der Waals surface area contributed by atoms with E-state index in [0.717, 1.165) is 5.52 Å². The molecule has 0 bridgehead atoms. The van der Waals surface area contributed by atoms with Crippen LogP contribution in [-0.4, -0.2) is 26.5 Å². The van der Waals surface area contributed by atoms with Gasteiger partial charge >= 0.3 is 5.97 Å². The van der Waals surface area contributed by atoms with E-state index >= 15 is 0 Å². The molecule has 2 aromatic heterocycles. The second-order valence-corrected chi connectivity index (χ2v) is 2.43. The number of carbonyl (C=O) groups is 1. The topological polar surface area (TPSA) is 97.5 Å². The number of carboxylic acid groups (broad SMARTS) is 1. The maximum Gasteiger partial charge on any atom is 0.337 e. The SMILES string of the molecule is O.O=C(O)c1c[nH]c2cnccc12. The number of H-pyrrole nitrogens is 1. The van der Waals surface area contributed by atoms with Gasteiger partial charge in [0, 0.05) is 17.8 Å². The quantitative estimate of drug-likeness (QED) is 0.666. The Morgan fingerprint density at radius 1 is 1.54 bits per heavy atom. The minimum absolute atomic E-state index is 0. The fourth-order valence-electron chi connectivity index (χ4n) is 1.15. The Kier molecular flexibility index (Phi) is 2.29. The zero-order chi connectivity index (χ0) is 8.55. The number of aromatic nitrogens is 2. The predicted octanol–water partition coefficient (Wildman–Crippen LogP) is 0.436. The number of fused-ring (bicyclic) bond motifs is 1. The lowest BCUT2D eigenvalue weighted by Gasteiger charge is -1.88. The Labute approximate surface area is 73.3 Å². The minimum atomic E-state index is -0.924. The lowest BCUT2D eigenvalue weighted by Crippen LogP contribution is -1.93. The van der Waals surface area contributed by atoms with Crippen molar-refractivity contribution in [3.63, 3.8) is 0 Å². The number of carboxylic acids is 1. The van der Waals surface area contributed by atoms with Gasteiger partial charge < -0.3 is 15.6 Å². The number of aromatic carboxylic acids is 1. The van der Waals surface area contributed by atoms with Crippen LogP contribution in [0.15, 0.2) is 24.7 Å². The third kappa shape index (κ3) is 1.36. The molecule has 5 nitrogen and oxygen atoms in total. The summed E-state index contributed by atoms with van der Waals surface area (Å²) >= 11 is 0. The van der Waals surface area contributed by atoms with Crippen molar-refractivity contribution >= 4 is 16.9 Å². The molecule has 0 atom stereocenters. The van der Waals surface area contributed by atoms with E-state index in [1.807, 2.05) is 0 Å². The first-order valence-corrected chi connectivity index (χ1v) is 3.43. The average Bonchev–Trinajstić information content (AvgIpc) is 2.47. The average molecular weight is 180 g/mol. The van der Waals surface area contributed by atoms with Crippen LogP contribution < -0.4 is 0 Å². The molecule has 0 spiro atoms. The summed E-state index contributed by atoms with van der Waals surface area (Å²) in [6.45, 7) is 0. The van der Waals surface area contributed by atoms with Crippen LogP contribution in [0.2, 0.25) is 0 Å². The Balaban J connectivity index is 0.000000845. The molecule has 0 saturated carbocycles. The second-order valence-electron chi connectivity index (χ2n) is 2.43. The van der Waals surface area contributed by atoms with E-state index < -0.39 is 5.97 Å². The molecule has 2 heterocycles. The van der Waals surface area contributed by atoms with Crippen molar-refractivity contribution in [3.05, 3.63) is 30.2 Å². The van der Waals surface area contributed by atoms with E-state index in [9.17, 15) is 4.79 Å². The van der Waals surface area contributed by atoms with Crippen molar-refractivity contribution < 1.29 is 15.4 Å². The summed E-state index contributed by atoms with van der Waals surface area (Å²) in [6.07, 6.45) is 4.64. The number of nitrogens with one attached hydrogen (secondary N) is 1. The molecule has 4 N–H and O–H groups in total. The summed E-state index contributed by atoms with van der Waals surface area (Å²) in [5, 5.41) is 9.42. The number of nitrogens with zero attached hydrogens (tertiary/aromatic N) is 1. The highest BCUT2D eigenvalue weighted by Crippen LogP contribution is 2.15. The van der Waals surface area contributed by atoms with Gasteiger partial charge in [-0.05, 0) is 6.07 Å². The van der Waals surface area contributed by atoms with Crippen molar-refractivity contribution in [1.29, 1.82) is 0 Å². The number of rotatable bonds is 1. The van der Waals surface area contributed by atoms with Crippen LogP contribution in [0.1, 0.15) is 10.4 Å². The van der Waals surface area contributed by atoms with Gasteiger partial charge in [-0.2, -0.15) is 0 Å². The Hall–Kier alpha value is -1.88. The number of hydrogen-bond acceptors (Lipinski definition) is 2. The summed E-state index contributed by atoms with van der Waals surface area (Å²) in [5.41, 5.74) is 1.03. The summed E-state index contributed by atoms with van der Waals surface area (Å²) in [7, 11) is 0. The van der Waals surface area contributed by atoms with Gasteiger partial charge in [0.2, 0.25) is 0 Å². The summed E-state index contributed by atoms with van der Waals surface area (Å²) in [5.74, 6) is -0.924. The fraction of sp³-hybridized carbons (Fsp3) is 0. The summed E-state index contributed by atoms with van der Waals surface area (Å²) in [6, 6.07) is 1.68. The highest BCUT2D eigenvalue weighted by molar-refractivity contribution is 6.02. The van der Waals surface area contributed by atoms with Gasteiger partial charge in [-0.25, -0.2) is 4.79 Å². The molecule has 0 unspecified atom stereocenters. The van der Waals surface area contributed by atoms with Gasteiger partial charge in [-0.3, -0.25) is 4.98 Å². The molecular weight excluding hydrogens is 172 g/mol. The first-order valence-electron chi connectivity index (χ1n) is 3.43. The van der Waals surface area contributed by atoms with E-state index in [1.165, 1.54) is 6.20 Å². The maximum absolute atomic E-state index is 10.6. The van der Waals surface area contributed by atoms with E-state index in [-0.39, 0.29) is 11.0 Å². The maximum atomic E-state index is 10.6. The monoisotopic (exact) mass is 180 g/mol. The van der Waals surface area contributed by atoms with Gasteiger partial charge in [0.25, 0.3) is 0 Å². The molecular formula is C8H8N2O3. The van der Waals surface area contributed by atoms with Gasteiger partial charge in [-0.15, -0.1) is 0 Å².